The third-order valence-electron chi connectivity index (χ3n) is 2.38. The summed E-state index contributed by atoms with van der Waals surface area (Å²) >= 11 is 0. The van der Waals surface area contributed by atoms with E-state index in [0.29, 0.717) is 0 Å². The van der Waals surface area contributed by atoms with E-state index in [1.807, 2.05) is 0 Å². The molecule has 0 aromatic rings. The number of carbonyl (C=O) groups excluding carboxylic acids is 1. The predicted octanol–water partition coefficient (Wildman–Crippen LogP) is 0.831. The van der Waals surface area contributed by atoms with Gasteiger partial charge in [-0.15, -0.1) is 0 Å². The first-order valence-corrected chi connectivity index (χ1v) is 5.54. The van der Waals surface area contributed by atoms with Crippen LogP contribution in [0, 0.1) is 0 Å². The Labute approximate surface area is 91.0 Å². The van der Waals surface area contributed by atoms with Crippen LogP contribution < -0.4 is 5.32 Å². The van der Waals surface area contributed by atoms with Gasteiger partial charge < -0.3 is 15.2 Å². The molecule has 1 heterocycles. The van der Waals surface area contributed by atoms with E-state index in [1.54, 1.807) is 20.8 Å². The van der Waals surface area contributed by atoms with Crippen LogP contribution in [0.2, 0.25) is 0 Å². The molecule has 0 aromatic carbocycles. The minimum atomic E-state index is -1.04. The van der Waals surface area contributed by atoms with Gasteiger partial charge in [-0.2, -0.15) is 0 Å². The van der Waals surface area contributed by atoms with Crippen molar-refractivity contribution in [2.24, 2.45) is 0 Å². The average Bonchev–Trinajstić information content (AvgIpc) is 2.15. The van der Waals surface area contributed by atoms with E-state index >= 15 is 0 Å². The smallest absolute Gasteiger partial charge is 0.337 e. The fourth-order valence-corrected chi connectivity index (χ4v) is 1.67. The summed E-state index contributed by atoms with van der Waals surface area (Å²) in [5.41, 5.74) is -0.535. The van der Waals surface area contributed by atoms with Crippen molar-refractivity contribution >= 4 is 5.97 Å². The summed E-state index contributed by atoms with van der Waals surface area (Å²) in [7, 11) is 0. The maximum absolute atomic E-state index is 11.5. The zero-order chi connectivity index (χ0) is 11.5. The number of esters is 1. The van der Waals surface area contributed by atoms with Crippen LogP contribution in [-0.2, 0) is 9.53 Å². The monoisotopic (exact) mass is 215 g/mol. The standard InChI is InChI=1S/C11H21NO3/c1-11(2,3)15-10(14)9(13)8-6-4-5-7-12-8/h8-9,12-13H,4-7H2,1-3H3/t8-,9+/m1/s1. The number of hydrogen-bond acceptors (Lipinski definition) is 4. The molecule has 4 nitrogen and oxygen atoms in total. The lowest BCUT2D eigenvalue weighted by Gasteiger charge is -2.29. The Morgan fingerprint density at radius 1 is 1.47 bits per heavy atom. The number of carbonyl (C=O) groups is 1. The molecule has 4 heteroatoms. The number of aliphatic hydroxyl groups excluding tert-OH is 1. The van der Waals surface area contributed by atoms with Crippen LogP contribution in [0.3, 0.4) is 0 Å². The highest BCUT2D eigenvalue weighted by Gasteiger charge is 2.30. The van der Waals surface area contributed by atoms with Crippen molar-refractivity contribution in [3.05, 3.63) is 0 Å². The number of piperidine rings is 1. The predicted molar refractivity (Wildman–Crippen MR) is 57.5 cm³/mol. The molecule has 1 rings (SSSR count). The molecule has 0 saturated carbocycles. The van der Waals surface area contributed by atoms with Gasteiger partial charge in [0.25, 0.3) is 0 Å². The lowest BCUT2D eigenvalue weighted by atomic mass is 10.00. The molecular formula is C11H21NO3. The molecule has 0 bridgehead atoms. The molecule has 2 N–H and O–H groups in total. The SMILES string of the molecule is CC(C)(C)OC(=O)[C@@H](O)[C@H]1CCCCN1. The van der Waals surface area contributed by atoms with Gasteiger partial charge in [-0.3, -0.25) is 0 Å². The van der Waals surface area contributed by atoms with Crippen molar-refractivity contribution in [2.75, 3.05) is 6.54 Å². The zero-order valence-electron chi connectivity index (χ0n) is 9.75. The van der Waals surface area contributed by atoms with Crippen molar-refractivity contribution in [3.63, 3.8) is 0 Å². The largest absolute Gasteiger partial charge is 0.458 e. The normalized spacial score (nSPS) is 24.7. The summed E-state index contributed by atoms with van der Waals surface area (Å²) in [6.07, 6.45) is 1.96. The third-order valence-corrected chi connectivity index (χ3v) is 2.38. The van der Waals surface area contributed by atoms with Gasteiger partial charge in [0.15, 0.2) is 6.10 Å². The molecule has 15 heavy (non-hydrogen) atoms. The molecule has 0 spiro atoms. The van der Waals surface area contributed by atoms with Gasteiger partial charge >= 0.3 is 5.97 Å². The van der Waals surface area contributed by atoms with Crippen LogP contribution in [0.25, 0.3) is 0 Å². The Bertz CT molecular complexity index is 216. The second-order valence-electron chi connectivity index (χ2n) is 5.03. The van der Waals surface area contributed by atoms with Gasteiger partial charge in [0.1, 0.15) is 5.60 Å². The van der Waals surface area contributed by atoms with E-state index < -0.39 is 17.7 Å². The van der Waals surface area contributed by atoms with Crippen LogP contribution in [-0.4, -0.2) is 35.4 Å². The molecule has 0 aliphatic carbocycles. The van der Waals surface area contributed by atoms with Gasteiger partial charge in [-0.1, -0.05) is 6.42 Å². The second kappa shape index (κ2) is 4.94. The Kier molecular flexibility index (Phi) is 4.11. The Balaban J connectivity index is 2.44. The molecule has 1 saturated heterocycles. The van der Waals surface area contributed by atoms with E-state index in [1.165, 1.54) is 0 Å². The first-order valence-electron chi connectivity index (χ1n) is 5.54. The van der Waals surface area contributed by atoms with Gasteiger partial charge in [0, 0.05) is 6.04 Å². The maximum atomic E-state index is 11.5. The highest BCUT2D eigenvalue weighted by Crippen LogP contribution is 2.14. The average molecular weight is 215 g/mol. The van der Waals surface area contributed by atoms with Gasteiger partial charge in [-0.25, -0.2) is 4.79 Å². The minimum absolute atomic E-state index is 0.145. The fourth-order valence-electron chi connectivity index (χ4n) is 1.67. The summed E-state index contributed by atoms with van der Waals surface area (Å²) in [4.78, 5) is 11.5. The lowest BCUT2D eigenvalue weighted by molar-refractivity contribution is -0.167. The van der Waals surface area contributed by atoms with Crippen LogP contribution in [0.5, 0.6) is 0 Å². The Morgan fingerprint density at radius 3 is 2.60 bits per heavy atom. The summed E-state index contributed by atoms with van der Waals surface area (Å²) in [5.74, 6) is -0.526. The molecule has 1 aliphatic rings. The first kappa shape index (κ1) is 12.5. The van der Waals surface area contributed by atoms with E-state index in [0.717, 1.165) is 25.8 Å². The van der Waals surface area contributed by atoms with Crippen molar-refractivity contribution in [2.45, 2.75) is 57.8 Å². The number of ether oxygens (including phenoxy) is 1. The maximum Gasteiger partial charge on any atom is 0.337 e. The molecule has 0 radical (unpaired) electrons. The van der Waals surface area contributed by atoms with Crippen molar-refractivity contribution in [3.8, 4) is 0 Å². The highest BCUT2D eigenvalue weighted by molar-refractivity contribution is 5.75. The molecule has 0 aromatic heterocycles. The summed E-state index contributed by atoms with van der Waals surface area (Å²) in [6, 6.07) is -0.145. The molecule has 0 amide bonds. The topological polar surface area (TPSA) is 58.6 Å². The number of aliphatic hydroxyl groups is 1. The number of rotatable bonds is 2. The summed E-state index contributed by atoms with van der Waals surface area (Å²) in [6.45, 7) is 6.26. The molecule has 0 unspecified atom stereocenters. The summed E-state index contributed by atoms with van der Waals surface area (Å²) < 4.78 is 5.12. The lowest BCUT2D eigenvalue weighted by Crippen LogP contribution is -2.48. The van der Waals surface area contributed by atoms with Crippen molar-refractivity contribution < 1.29 is 14.6 Å². The van der Waals surface area contributed by atoms with Gasteiger partial charge in [0.05, 0.1) is 0 Å². The molecule has 1 fully saturated rings. The Morgan fingerprint density at radius 2 is 2.13 bits per heavy atom. The van der Waals surface area contributed by atoms with Crippen LogP contribution in [0.15, 0.2) is 0 Å². The second-order valence-corrected chi connectivity index (χ2v) is 5.03. The quantitative estimate of drug-likeness (QED) is 0.670. The van der Waals surface area contributed by atoms with Crippen LogP contribution >= 0.6 is 0 Å². The molecule has 2 atom stereocenters. The number of hydrogen-bond donors (Lipinski definition) is 2. The van der Waals surface area contributed by atoms with Gasteiger partial charge in [0.2, 0.25) is 0 Å². The highest BCUT2D eigenvalue weighted by atomic mass is 16.6. The zero-order valence-corrected chi connectivity index (χ0v) is 9.75. The minimum Gasteiger partial charge on any atom is -0.458 e. The molecule has 1 aliphatic heterocycles. The van der Waals surface area contributed by atoms with Crippen LogP contribution in [0.4, 0.5) is 0 Å². The van der Waals surface area contributed by atoms with E-state index in [4.69, 9.17) is 4.74 Å². The Hall–Kier alpha value is -0.610. The van der Waals surface area contributed by atoms with E-state index in [9.17, 15) is 9.90 Å². The number of nitrogens with one attached hydrogen (secondary N) is 1. The van der Waals surface area contributed by atoms with Gasteiger partial charge in [-0.05, 0) is 40.2 Å². The summed E-state index contributed by atoms with van der Waals surface area (Å²) in [5, 5.41) is 12.9. The third kappa shape index (κ3) is 4.18. The van der Waals surface area contributed by atoms with Crippen LogP contribution in [0.1, 0.15) is 40.0 Å². The molecular weight excluding hydrogens is 194 g/mol. The van der Waals surface area contributed by atoms with Crippen molar-refractivity contribution in [1.29, 1.82) is 0 Å². The first-order chi connectivity index (χ1) is 6.90. The van der Waals surface area contributed by atoms with Crippen molar-refractivity contribution in [1.82, 2.24) is 5.32 Å². The van der Waals surface area contributed by atoms with E-state index in [2.05, 4.69) is 5.32 Å². The molecule has 88 valence electrons. The van der Waals surface area contributed by atoms with E-state index in [-0.39, 0.29) is 6.04 Å². The fraction of sp³-hybridized carbons (Fsp3) is 0.909.